The quantitative estimate of drug-likeness (QED) is 0.316. The molecule has 0 aromatic carbocycles. The van der Waals surface area contributed by atoms with Crippen molar-refractivity contribution in [3.63, 3.8) is 0 Å². The molecule has 19 heavy (non-hydrogen) atoms. The molecule has 0 fully saturated rings. The summed E-state index contributed by atoms with van der Waals surface area (Å²) in [6.07, 6.45) is 1.42. The molecule has 0 aliphatic heterocycles. The predicted octanol–water partition coefficient (Wildman–Crippen LogP) is 0.682. The Balaban J connectivity index is 2.94. The highest BCUT2D eigenvalue weighted by Gasteiger charge is 2.22. The number of oxime groups is 1. The molecule has 0 bridgehead atoms. The number of carbonyl (C=O) groups is 1. The van der Waals surface area contributed by atoms with Gasteiger partial charge in [-0.3, -0.25) is 9.48 Å². The largest absolute Gasteiger partial charge is 0.409 e. The van der Waals surface area contributed by atoms with E-state index in [1.165, 1.54) is 0 Å². The first kappa shape index (κ1) is 15.0. The van der Waals surface area contributed by atoms with Gasteiger partial charge in [-0.25, -0.2) is 0 Å². The van der Waals surface area contributed by atoms with Crippen molar-refractivity contribution in [3.05, 3.63) is 17.0 Å². The molecule has 1 unspecified atom stereocenters. The second-order valence-corrected chi connectivity index (χ2v) is 4.51. The zero-order chi connectivity index (χ0) is 14.6. The van der Waals surface area contributed by atoms with E-state index < -0.39 is 6.04 Å². The molecule has 106 valence electrons. The Hall–Kier alpha value is -2.05. The number of nitrogens with one attached hydrogen (secondary N) is 1. The predicted molar refractivity (Wildman–Crippen MR) is 72.3 cm³/mol. The molecule has 1 heterocycles. The molecule has 0 spiro atoms. The molecule has 0 radical (unpaired) electrons. The number of amidine groups is 1. The van der Waals surface area contributed by atoms with Gasteiger partial charge in [-0.05, 0) is 20.3 Å². The van der Waals surface area contributed by atoms with Crippen molar-refractivity contribution in [2.24, 2.45) is 17.9 Å². The Bertz CT molecular complexity index is 493. The van der Waals surface area contributed by atoms with Crippen LogP contribution < -0.4 is 11.1 Å². The fraction of sp³-hybridized carbons (Fsp3) is 0.583. The van der Waals surface area contributed by atoms with Gasteiger partial charge in [-0.15, -0.1) is 0 Å². The molecule has 7 heteroatoms. The lowest BCUT2D eigenvalue weighted by molar-refractivity contribution is 0.0943. The Kier molecular flexibility index (Phi) is 4.91. The third-order valence-corrected chi connectivity index (χ3v) is 3.09. The van der Waals surface area contributed by atoms with Gasteiger partial charge >= 0.3 is 0 Å². The number of carbonyl (C=O) groups excluding carboxylic acids is 1. The molecule has 4 N–H and O–H groups in total. The lowest BCUT2D eigenvalue weighted by Crippen LogP contribution is -2.44. The average Bonchev–Trinajstić information content (AvgIpc) is 2.61. The van der Waals surface area contributed by atoms with Crippen LogP contribution in [0.3, 0.4) is 0 Å². The SMILES string of the molecule is CCCC(NC(=O)c1c(C)nn(C)c1C)/C(N)=N/O. The number of aromatic nitrogens is 2. The summed E-state index contributed by atoms with van der Waals surface area (Å²) in [4.78, 5) is 12.2. The highest BCUT2D eigenvalue weighted by Crippen LogP contribution is 2.12. The Morgan fingerprint density at radius 3 is 2.63 bits per heavy atom. The van der Waals surface area contributed by atoms with Crippen LogP contribution >= 0.6 is 0 Å². The van der Waals surface area contributed by atoms with Crippen molar-refractivity contribution in [2.75, 3.05) is 0 Å². The van der Waals surface area contributed by atoms with Gasteiger partial charge in [-0.1, -0.05) is 18.5 Å². The third kappa shape index (κ3) is 3.24. The van der Waals surface area contributed by atoms with E-state index in [4.69, 9.17) is 10.9 Å². The van der Waals surface area contributed by atoms with Gasteiger partial charge in [0, 0.05) is 12.7 Å². The van der Waals surface area contributed by atoms with E-state index in [-0.39, 0.29) is 11.7 Å². The highest BCUT2D eigenvalue weighted by atomic mass is 16.4. The fourth-order valence-electron chi connectivity index (χ4n) is 1.98. The molecule has 0 saturated heterocycles. The molecule has 1 aromatic rings. The van der Waals surface area contributed by atoms with Crippen LogP contribution in [0.15, 0.2) is 5.16 Å². The van der Waals surface area contributed by atoms with Crippen LogP contribution in [0.5, 0.6) is 0 Å². The lowest BCUT2D eigenvalue weighted by atomic mass is 10.1. The van der Waals surface area contributed by atoms with Crippen LogP contribution in [-0.2, 0) is 7.05 Å². The molecule has 7 nitrogen and oxygen atoms in total. The molecule has 1 amide bonds. The summed E-state index contributed by atoms with van der Waals surface area (Å²) < 4.78 is 1.66. The Labute approximate surface area is 112 Å². The number of nitrogens with zero attached hydrogens (tertiary/aromatic N) is 3. The molecule has 1 rings (SSSR count). The summed E-state index contributed by atoms with van der Waals surface area (Å²) in [5.41, 5.74) is 7.55. The second-order valence-electron chi connectivity index (χ2n) is 4.51. The topological polar surface area (TPSA) is 106 Å². The van der Waals surface area contributed by atoms with Crippen LogP contribution in [0.4, 0.5) is 0 Å². The molecule has 1 atom stereocenters. The van der Waals surface area contributed by atoms with Gasteiger partial charge in [0.1, 0.15) is 0 Å². The molecular formula is C12H21N5O2. The van der Waals surface area contributed by atoms with E-state index in [1.807, 2.05) is 13.8 Å². The number of nitrogens with two attached hydrogens (primary N) is 1. The van der Waals surface area contributed by atoms with Gasteiger partial charge in [0.05, 0.1) is 17.3 Å². The van der Waals surface area contributed by atoms with E-state index in [0.29, 0.717) is 17.7 Å². The third-order valence-electron chi connectivity index (χ3n) is 3.09. The molecule has 0 aliphatic carbocycles. The van der Waals surface area contributed by atoms with E-state index >= 15 is 0 Å². The maximum atomic E-state index is 12.2. The van der Waals surface area contributed by atoms with E-state index in [1.54, 1.807) is 18.7 Å². The zero-order valence-corrected chi connectivity index (χ0v) is 11.8. The maximum Gasteiger partial charge on any atom is 0.255 e. The van der Waals surface area contributed by atoms with Crippen molar-refractivity contribution >= 4 is 11.7 Å². The van der Waals surface area contributed by atoms with E-state index in [2.05, 4.69) is 15.6 Å². The van der Waals surface area contributed by atoms with Crippen molar-refractivity contribution in [1.29, 1.82) is 0 Å². The second kappa shape index (κ2) is 6.21. The number of aryl methyl sites for hydroxylation is 2. The first-order chi connectivity index (χ1) is 8.92. The number of rotatable bonds is 5. The van der Waals surface area contributed by atoms with Gasteiger partial charge in [0.25, 0.3) is 5.91 Å². The maximum absolute atomic E-state index is 12.2. The van der Waals surface area contributed by atoms with Gasteiger partial charge in [0.2, 0.25) is 0 Å². The van der Waals surface area contributed by atoms with Crippen LogP contribution in [0, 0.1) is 13.8 Å². The number of hydrogen-bond acceptors (Lipinski definition) is 4. The van der Waals surface area contributed by atoms with Gasteiger partial charge in [-0.2, -0.15) is 5.10 Å². The summed E-state index contributed by atoms with van der Waals surface area (Å²) in [6.45, 7) is 5.57. The number of amides is 1. The molecule has 0 saturated carbocycles. The normalized spacial score (nSPS) is 13.4. The molecule has 1 aromatic heterocycles. The van der Waals surface area contributed by atoms with Crippen LogP contribution in [0.25, 0.3) is 0 Å². The van der Waals surface area contributed by atoms with Crippen LogP contribution in [-0.4, -0.2) is 32.8 Å². The first-order valence-corrected chi connectivity index (χ1v) is 6.20. The van der Waals surface area contributed by atoms with Gasteiger partial charge in [0.15, 0.2) is 5.84 Å². The minimum atomic E-state index is -0.471. The zero-order valence-electron chi connectivity index (χ0n) is 11.8. The van der Waals surface area contributed by atoms with Crippen molar-refractivity contribution in [2.45, 2.75) is 39.7 Å². The summed E-state index contributed by atoms with van der Waals surface area (Å²) in [7, 11) is 1.78. The lowest BCUT2D eigenvalue weighted by Gasteiger charge is -2.16. The summed E-state index contributed by atoms with van der Waals surface area (Å²) >= 11 is 0. The first-order valence-electron chi connectivity index (χ1n) is 6.20. The van der Waals surface area contributed by atoms with Gasteiger partial charge < -0.3 is 16.3 Å². The summed E-state index contributed by atoms with van der Waals surface area (Å²) in [5, 5.41) is 18.7. The minimum Gasteiger partial charge on any atom is -0.409 e. The summed E-state index contributed by atoms with van der Waals surface area (Å²) in [6, 6.07) is -0.471. The van der Waals surface area contributed by atoms with E-state index in [0.717, 1.165) is 12.1 Å². The average molecular weight is 267 g/mol. The smallest absolute Gasteiger partial charge is 0.255 e. The van der Waals surface area contributed by atoms with E-state index in [9.17, 15) is 4.79 Å². The standard InChI is InChI=1S/C12H21N5O2/c1-5-6-9(11(13)16-19)14-12(18)10-7(2)15-17(4)8(10)3/h9,19H,5-6H2,1-4H3,(H2,13,16)(H,14,18). The fourth-order valence-corrected chi connectivity index (χ4v) is 1.98. The Morgan fingerprint density at radius 2 is 2.21 bits per heavy atom. The Morgan fingerprint density at radius 1 is 1.58 bits per heavy atom. The van der Waals surface area contributed by atoms with Crippen molar-refractivity contribution in [3.8, 4) is 0 Å². The highest BCUT2D eigenvalue weighted by molar-refractivity contribution is 5.99. The molecule has 0 aliphatic rings. The van der Waals surface area contributed by atoms with Crippen molar-refractivity contribution in [1.82, 2.24) is 15.1 Å². The number of hydrogen-bond donors (Lipinski definition) is 3. The van der Waals surface area contributed by atoms with Crippen LogP contribution in [0.1, 0.15) is 41.5 Å². The van der Waals surface area contributed by atoms with Crippen LogP contribution in [0.2, 0.25) is 0 Å². The minimum absolute atomic E-state index is 0.00870. The molecular weight excluding hydrogens is 246 g/mol. The summed E-state index contributed by atoms with van der Waals surface area (Å²) in [5.74, 6) is -0.248. The monoisotopic (exact) mass is 267 g/mol. The van der Waals surface area contributed by atoms with Crippen molar-refractivity contribution < 1.29 is 10.0 Å².